The molecule has 0 bridgehead atoms. The summed E-state index contributed by atoms with van der Waals surface area (Å²) in [5.41, 5.74) is 9.18. The van der Waals surface area contributed by atoms with E-state index in [2.05, 4.69) is 5.48 Å². The summed E-state index contributed by atoms with van der Waals surface area (Å²) >= 11 is 0. The van der Waals surface area contributed by atoms with E-state index in [1.54, 1.807) is 12.1 Å². The number of anilines is 1. The maximum Gasteiger partial charge on any atom is 0.247 e. The number of hydroxylamine groups is 1. The molecule has 0 saturated heterocycles. The van der Waals surface area contributed by atoms with Crippen LogP contribution in [0.5, 0.6) is 0 Å². The maximum atomic E-state index is 11.5. The molecule has 0 aromatic heterocycles. The highest BCUT2D eigenvalue weighted by Gasteiger charge is 2.12. The van der Waals surface area contributed by atoms with E-state index in [9.17, 15) is 4.79 Å². The normalized spacial score (nSPS) is 11.2. The van der Waals surface area contributed by atoms with Gasteiger partial charge in [0.25, 0.3) is 0 Å². The quantitative estimate of drug-likeness (QED) is 0.604. The molecule has 0 spiro atoms. The van der Waals surface area contributed by atoms with Crippen LogP contribution >= 0.6 is 0 Å². The molecule has 4 nitrogen and oxygen atoms in total. The molecule has 0 atom stereocenters. The van der Waals surface area contributed by atoms with Crippen LogP contribution in [-0.2, 0) is 16.1 Å². The second-order valence-corrected chi connectivity index (χ2v) is 4.66. The van der Waals surface area contributed by atoms with Gasteiger partial charge in [-0.2, -0.15) is 0 Å². The molecule has 1 amide bonds. The van der Waals surface area contributed by atoms with E-state index < -0.39 is 0 Å². The number of amides is 1. The summed E-state index contributed by atoms with van der Waals surface area (Å²) in [4.78, 5) is 16.6. The monoisotopic (exact) mass is 222 g/mol. The Morgan fingerprint density at radius 3 is 2.38 bits per heavy atom. The average Bonchev–Trinajstić information content (AvgIpc) is 2.18. The zero-order valence-electron chi connectivity index (χ0n) is 9.91. The van der Waals surface area contributed by atoms with Crippen LogP contribution in [0.15, 0.2) is 24.3 Å². The van der Waals surface area contributed by atoms with Crippen LogP contribution in [0.3, 0.4) is 0 Å². The predicted molar refractivity (Wildman–Crippen MR) is 63.5 cm³/mol. The minimum Gasteiger partial charge on any atom is -0.399 e. The van der Waals surface area contributed by atoms with Gasteiger partial charge < -0.3 is 5.73 Å². The zero-order valence-corrected chi connectivity index (χ0v) is 9.91. The number of nitrogen functional groups attached to an aromatic ring is 1. The number of hydrogen-bond acceptors (Lipinski definition) is 3. The lowest BCUT2D eigenvalue weighted by Crippen LogP contribution is -2.34. The molecule has 0 fully saturated rings. The van der Waals surface area contributed by atoms with Crippen molar-refractivity contribution in [3.8, 4) is 0 Å². The van der Waals surface area contributed by atoms with Crippen LogP contribution < -0.4 is 11.2 Å². The number of carbonyl (C=O) groups is 1. The molecule has 88 valence electrons. The van der Waals surface area contributed by atoms with Gasteiger partial charge in [0.05, 0.1) is 12.0 Å². The van der Waals surface area contributed by atoms with Crippen LogP contribution in [0.2, 0.25) is 0 Å². The van der Waals surface area contributed by atoms with Crippen molar-refractivity contribution in [1.82, 2.24) is 5.48 Å². The van der Waals surface area contributed by atoms with E-state index in [-0.39, 0.29) is 17.9 Å². The van der Waals surface area contributed by atoms with Crippen molar-refractivity contribution in [2.24, 2.45) is 0 Å². The van der Waals surface area contributed by atoms with Gasteiger partial charge in [0.2, 0.25) is 5.91 Å². The Morgan fingerprint density at radius 2 is 1.88 bits per heavy atom. The van der Waals surface area contributed by atoms with Crippen molar-refractivity contribution in [2.45, 2.75) is 32.8 Å². The summed E-state index contributed by atoms with van der Waals surface area (Å²) < 4.78 is 0. The fourth-order valence-electron chi connectivity index (χ4n) is 1.07. The molecule has 0 radical (unpaired) electrons. The summed E-state index contributed by atoms with van der Waals surface area (Å²) in [5.74, 6) is -0.167. The fraction of sp³-hybridized carbons (Fsp3) is 0.417. The summed E-state index contributed by atoms with van der Waals surface area (Å²) in [7, 11) is 0. The molecule has 1 aromatic rings. The number of carbonyl (C=O) groups excluding carboxylic acids is 1. The molecule has 0 aliphatic heterocycles. The highest BCUT2D eigenvalue weighted by atomic mass is 16.7. The molecule has 1 rings (SSSR count). The number of nitrogens with two attached hydrogens (primary N) is 1. The number of benzene rings is 1. The first-order valence-electron chi connectivity index (χ1n) is 5.18. The molecule has 1 aromatic carbocycles. The van der Waals surface area contributed by atoms with Crippen molar-refractivity contribution < 1.29 is 9.63 Å². The molecule has 0 heterocycles. The smallest absolute Gasteiger partial charge is 0.247 e. The third-order valence-electron chi connectivity index (χ3n) is 1.82. The Hall–Kier alpha value is -1.55. The Bertz CT molecular complexity index is 352. The van der Waals surface area contributed by atoms with Gasteiger partial charge in [-0.05, 0) is 38.5 Å². The fourth-order valence-corrected chi connectivity index (χ4v) is 1.07. The summed E-state index contributed by atoms with van der Waals surface area (Å²) in [6, 6.07) is 7.19. The number of hydrogen-bond donors (Lipinski definition) is 2. The maximum absolute atomic E-state index is 11.5. The Morgan fingerprint density at radius 1 is 1.31 bits per heavy atom. The Kier molecular flexibility index (Phi) is 3.90. The molecular formula is C12H18N2O2. The van der Waals surface area contributed by atoms with E-state index in [0.29, 0.717) is 5.69 Å². The zero-order chi connectivity index (χ0) is 12.2. The summed E-state index contributed by atoms with van der Waals surface area (Å²) in [6.45, 7) is 5.61. The molecule has 3 N–H and O–H groups in total. The van der Waals surface area contributed by atoms with Crippen LogP contribution in [0.1, 0.15) is 26.3 Å². The molecule has 0 aliphatic carbocycles. The molecule has 4 heteroatoms. The SMILES string of the molecule is CC(C)(C)ONC(=O)Cc1ccc(N)cc1. The van der Waals surface area contributed by atoms with Crippen LogP contribution in [-0.4, -0.2) is 11.5 Å². The third kappa shape index (κ3) is 4.79. The van der Waals surface area contributed by atoms with Gasteiger partial charge in [0, 0.05) is 5.69 Å². The van der Waals surface area contributed by atoms with Crippen LogP contribution in [0, 0.1) is 0 Å². The minimum atomic E-state index is -0.378. The standard InChI is InChI=1S/C12H18N2O2/c1-12(2,3)16-14-11(15)8-9-4-6-10(13)7-5-9/h4-7H,8,13H2,1-3H3,(H,14,15). The molecule has 0 saturated carbocycles. The summed E-state index contributed by atoms with van der Waals surface area (Å²) in [5, 5.41) is 0. The van der Waals surface area contributed by atoms with Gasteiger partial charge in [-0.25, -0.2) is 5.48 Å². The molecule has 0 aliphatic rings. The van der Waals surface area contributed by atoms with E-state index in [4.69, 9.17) is 10.6 Å². The molecular weight excluding hydrogens is 204 g/mol. The van der Waals surface area contributed by atoms with Gasteiger partial charge >= 0.3 is 0 Å². The van der Waals surface area contributed by atoms with E-state index >= 15 is 0 Å². The number of rotatable bonds is 3. The van der Waals surface area contributed by atoms with Crippen molar-refractivity contribution >= 4 is 11.6 Å². The van der Waals surface area contributed by atoms with Gasteiger partial charge in [-0.3, -0.25) is 9.63 Å². The van der Waals surface area contributed by atoms with Crippen LogP contribution in [0.4, 0.5) is 5.69 Å². The lowest BCUT2D eigenvalue weighted by molar-refractivity contribution is -0.144. The van der Waals surface area contributed by atoms with Crippen molar-refractivity contribution in [3.05, 3.63) is 29.8 Å². The summed E-state index contributed by atoms with van der Waals surface area (Å²) in [6.07, 6.45) is 0.288. The van der Waals surface area contributed by atoms with Gasteiger partial charge in [0.1, 0.15) is 0 Å². The highest BCUT2D eigenvalue weighted by molar-refractivity contribution is 5.77. The van der Waals surface area contributed by atoms with Crippen molar-refractivity contribution in [1.29, 1.82) is 0 Å². The predicted octanol–water partition coefficient (Wildman–Crippen LogP) is 1.66. The van der Waals surface area contributed by atoms with Crippen LogP contribution in [0.25, 0.3) is 0 Å². The van der Waals surface area contributed by atoms with Gasteiger partial charge in [-0.1, -0.05) is 12.1 Å². The van der Waals surface area contributed by atoms with Gasteiger partial charge in [-0.15, -0.1) is 0 Å². The van der Waals surface area contributed by atoms with Gasteiger partial charge in [0.15, 0.2) is 0 Å². The first kappa shape index (κ1) is 12.5. The lowest BCUT2D eigenvalue weighted by atomic mass is 10.1. The van der Waals surface area contributed by atoms with Crippen molar-refractivity contribution in [3.63, 3.8) is 0 Å². The van der Waals surface area contributed by atoms with E-state index in [1.165, 1.54) is 0 Å². The second-order valence-electron chi connectivity index (χ2n) is 4.66. The molecule has 16 heavy (non-hydrogen) atoms. The average molecular weight is 222 g/mol. The van der Waals surface area contributed by atoms with Crippen molar-refractivity contribution in [2.75, 3.05) is 5.73 Å². The first-order valence-corrected chi connectivity index (χ1v) is 5.18. The Labute approximate surface area is 95.7 Å². The molecule has 0 unspecified atom stereocenters. The number of nitrogens with one attached hydrogen (secondary N) is 1. The van der Waals surface area contributed by atoms with E-state index in [0.717, 1.165) is 5.56 Å². The lowest BCUT2D eigenvalue weighted by Gasteiger charge is -2.18. The first-order chi connectivity index (χ1) is 7.37. The third-order valence-corrected chi connectivity index (χ3v) is 1.82. The minimum absolute atomic E-state index is 0.167. The Balaban J connectivity index is 2.43. The highest BCUT2D eigenvalue weighted by Crippen LogP contribution is 2.07. The largest absolute Gasteiger partial charge is 0.399 e. The van der Waals surface area contributed by atoms with E-state index in [1.807, 2.05) is 32.9 Å². The second kappa shape index (κ2) is 4.99. The topological polar surface area (TPSA) is 64.3 Å².